The molecule has 0 aliphatic carbocycles. The Kier molecular flexibility index (Phi) is 5.36. The second kappa shape index (κ2) is 8.33. The van der Waals surface area contributed by atoms with Gasteiger partial charge in [-0.05, 0) is 24.4 Å². The van der Waals surface area contributed by atoms with Crippen molar-refractivity contribution in [3.05, 3.63) is 53.3 Å². The Morgan fingerprint density at radius 2 is 2.03 bits per heavy atom. The summed E-state index contributed by atoms with van der Waals surface area (Å²) in [5.74, 6) is 0.465. The molecule has 1 fully saturated rings. The van der Waals surface area contributed by atoms with Gasteiger partial charge in [0.1, 0.15) is 17.5 Å². The molecule has 1 saturated heterocycles. The zero-order valence-electron chi connectivity index (χ0n) is 17.7. The summed E-state index contributed by atoms with van der Waals surface area (Å²) < 4.78 is 7.23. The smallest absolute Gasteiger partial charge is 0.273 e. The minimum atomic E-state index is -0.241. The third kappa shape index (κ3) is 3.63. The molecule has 0 unspecified atom stereocenters. The van der Waals surface area contributed by atoms with Crippen molar-refractivity contribution in [2.45, 2.75) is 13.0 Å². The lowest BCUT2D eigenvalue weighted by Gasteiger charge is -2.27. The molecule has 1 aliphatic rings. The first kappa shape index (κ1) is 20.6. The third-order valence-corrected chi connectivity index (χ3v) is 5.94. The van der Waals surface area contributed by atoms with E-state index in [1.54, 1.807) is 17.3 Å². The van der Waals surface area contributed by atoms with Crippen molar-refractivity contribution >= 4 is 45.3 Å². The van der Waals surface area contributed by atoms with Crippen molar-refractivity contribution in [2.75, 3.05) is 31.6 Å². The molecule has 4 heterocycles. The quantitative estimate of drug-likeness (QED) is 0.508. The van der Waals surface area contributed by atoms with E-state index in [0.29, 0.717) is 59.4 Å². The maximum atomic E-state index is 13.4. The van der Waals surface area contributed by atoms with Crippen LogP contribution in [0.2, 0.25) is 5.02 Å². The minimum absolute atomic E-state index is 0.144. The topological polar surface area (TPSA) is 98.1 Å². The number of halogens is 1. The van der Waals surface area contributed by atoms with Crippen LogP contribution in [-0.4, -0.2) is 61.6 Å². The summed E-state index contributed by atoms with van der Waals surface area (Å²) in [6.07, 6.45) is 3.20. The molecular weight excluding hydrogens is 430 g/mol. The monoisotopic (exact) mass is 451 g/mol. The Balaban J connectivity index is 1.55. The Morgan fingerprint density at radius 1 is 1.22 bits per heavy atom. The summed E-state index contributed by atoms with van der Waals surface area (Å²) in [6, 6.07) is 7.30. The van der Waals surface area contributed by atoms with E-state index in [4.69, 9.17) is 21.3 Å². The third-order valence-electron chi connectivity index (χ3n) is 5.62. The fraction of sp³-hybridized carbons (Fsp3) is 0.318. The van der Waals surface area contributed by atoms with Crippen molar-refractivity contribution in [1.82, 2.24) is 29.4 Å². The number of hydrogen-bond donors (Lipinski definition) is 1. The van der Waals surface area contributed by atoms with Crippen LogP contribution in [0.25, 0.3) is 21.9 Å². The van der Waals surface area contributed by atoms with Crippen LogP contribution in [0.1, 0.15) is 29.1 Å². The number of carbonyl (C=O) groups excluding carboxylic acids is 1. The van der Waals surface area contributed by atoms with E-state index in [9.17, 15) is 4.79 Å². The van der Waals surface area contributed by atoms with Crippen LogP contribution in [0.15, 0.2) is 36.9 Å². The highest BCUT2D eigenvalue weighted by Gasteiger charge is 2.25. The van der Waals surface area contributed by atoms with Gasteiger partial charge < -0.3 is 19.5 Å². The first-order valence-corrected chi connectivity index (χ1v) is 10.8. The van der Waals surface area contributed by atoms with Crippen molar-refractivity contribution in [2.24, 2.45) is 7.05 Å². The van der Waals surface area contributed by atoms with Gasteiger partial charge in [-0.1, -0.05) is 23.7 Å². The summed E-state index contributed by atoms with van der Waals surface area (Å²) in [7, 11) is 1.88. The molecule has 32 heavy (non-hydrogen) atoms. The fourth-order valence-electron chi connectivity index (χ4n) is 3.91. The average molecular weight is 452 g/mol. The largest absolute Gasteiger partial charge is 0.378 e. The zero-order chi connectivity index (χ0) is 22.2. The van der Waals surface area contributed by atoms with E-state index < -0.39 is 0 Å². The lowest BCUT2D eigenvalue weighted by molar-refractivity contribution is 0.0300. The van der Waals surface area contributed by atoms with Gasteiger partial charge >= 0.3 is 0 Å². The molecule has 1 aromatic carbocycles. The van der Waals surface area contributed by atoms with Gasteiger partial charge in [-0.3, -0.25) is 4.79 Å². The molecule has 4 aromatic rings. The van der Waals surface area contributed by atoms with Crippen molar-refractivity contribution in [3.63, 3.8) is 0 Å². The van der Waals surface area contributed by atoms with E-state index in [1.807, 2.05) is 36.7 Å². The Morgan fingerprint density at radius 3 is 2.84 bits per heavy atom. The van der Waals surface area contributed by atoms with Gasteiger partial charge in [0.2, 0.25) is 0 Å². The molecule has 1 N–H and O–H groups in total. The molecule has 0 spiro atoms. The van der Waals surface area contributed by atoms with E-state index in [2.05, 4.69) is 20.3 Å². The summed E-state index contributed by atoms with van der Waals surface area (Å²) in [5.41, 5.74) is 2.47. The number of aromatic nitrogens is 5. The molecular formula is C22H22ClN7O2. The van der Waals surface area contributed by atoms with Crippen LogP contribution < -0.4 is 5.32 Å². The van der Waals surface area contributed by atoms with E-state index in [0.717, 1.165) is 11.0 Å². The first-order valence-electron chi connectivity index (χ1n) is 10.4. The second-order valence-corrected chi connectivity index (χ2v) is 8.16. The molecule has 3 aromatic heterocycles. The molecule has 10 heteroatoms. The number of rotatable bonds is 4. The number of aryl methyl sites for hydroxylation is 1. The second-order valence-electron chi connectivity index (χ2n) is 7.75. The molecule has 0 radical (unpaired) electrons. The highest BCUT2D eigenvalue weighted by atomic mass is 35.5. The van der Waals surface area contributed by atoms with Gasteiger partial charge in [-0.15, -0.1) is 0 Å². The standard InChI is InChI=1S/C22H22ClN7O2/c1-13(27-20-19-21(25-11-24-20)29(2)12-26-19)16-10-14-4-3-5-15(23)17(14)18(28-16)22(31)30-6-8-32-9-7-30/h3-5,10-13H,6-9H2,1-2H3,(H,24,25,27)/t13-/m0/s1. The van der Waals surface area contributed by atoms with Crippen LogP contribution in [0.3, 0.4) is 0 Å². The first-order chi connectivity index (χ1) is 15.5. The predicted octanol–water partition coefficient (Wildman–Crippen LogP) is 3.21. The van der Waals surface area contributed by atoms with Crippen molar-refractivity contribution < 1.29 is 9.53 Å². The SMILES string of the molecule is C[C@H](Nc1ncnc2c1ncn2C)c1cc2cccc(Cl)c2c(C(=O)N2CCOCC2)n1. The highest BCUT2D eigenvalue weighted by Crippen LogP contribution is 2.30. The van der Waals surface area contributed by atoms with Crippen LogP contribution in [0.5, 0.6) is 0 Å². The summed E-state index contributed by atoms with van der Waals surface area (Å²) in [5, 5.41) is 5.40. The Bertz CT molecular complexity index is 1320. The number of benzene rings is 1. The number of amides is 1. The van der Waals surface area contributed by atoms with Gasteiger partial charge in [0, 0.05) is 25.5 Å². The number of fused-ring (bicyclic) bond motifs is 2. The number of ether oxygens (including phenoxy) is 1. The minimum Gasteiger partial charge on any atom is -0.378 e. The van der Waals surface area contributed by atoms with Crippen LogP contribution in [-0.2, 0) is 11.8 Å². The number of hydrogen-bond acceptors (Lipinski definition) is 7. The molecule has 1 amide bonds. The molecule has 0 saturated carbocycles. The lowest BCUT2D eigenvalue weighted by atomic mass is 10.0. The molecule has 164 valence electrons. The number of nitrogens with one attached hydrogen (secondary N) is 1. The summed E-state index contributed by atoms with van der Waals surface area (Å²) >= 11 is 6.50. The van der Waals surface area contributed by atoms with E-state index in [1.165, 1.54) is 6.33 Å². The van der Waals surface area contributed by atoms with Gasteiger partial charge in [-0.2, -0.15) is 0 Å². The van der Waals surface area contributed by atoms with Crippen molar-refractivity contribution in [3.8, 4) is 0 Å². The lowest BCUT2D eigenvalue weighted by Crippen LogP contribution is -2.41. The number of morpholine rings is 1. The number of carbonyl (C=O) groups is 1. The Labute approximate surface area is 189 Å². The van der Waals surface area contributed by atoms with Gasteiger partial charge in [0.25, 0.3) is 5.91 Å². The average Bonchev–Trinajstić information content (AvgIpc) is 3.20. The molecule has 0 bridgehead atoms. The molecule has 9 nitrogen and oxygen atoms in total. The zero-order valence-corrected chi connectivity index (χ0v) is 18.5. The Hall–Kier alpha value is -3.30. The summed E-state index contributed by atoms with van der Waals surface area (Å²) in [6.45, 7) is 4.07. The number of nitrogens with zero attached hydrogens (tertiary/aromatic N) is 6. The van der Waals surface area contributed by atoms with Crippen LogP contribution in [0.4, 0.5) is 5.82 Å². The van der Waals surface area contributed by atoms with Crippen molar-refractivity contribution in [1.29, 1.82) is 0 Å². The fourth-order valence-corrected chi connectivity index (χ4v) is 4.18. The highest BCUT2D eigenvalue weighted by molar-refractivity contribution is 6.36. The van der Waals surface area contributed by atoms with Crippen LogP contribution in [0, 0.1) is 0 Å². The predicted molar refractivity (Wildman–Crippen MR) is 122 cm³/mol. The molecule has 1 aliphatic heterocycles. The van der Waals surface area contributed by atoms with Gasteiger partial charge in [-0.25, -0.2) is 19.9 Å². The number of anilines is 1. The maximum Gasteiger partial charge on any atom is 0.273 e. The molecule has 1 atom stereocenters. The van der Waals surface area contributed by atoms with Gasteiger partial charge in [0.05, 0.1) is 36.3 Å². The van der Waals surface area contributed by atoms with Crippen LogP contribution >= 0.6 is 11.6 Å². The summed E-state index contributed by atoms with van der Waals surface area (Å²) in [4.78, 5) is 32.9. The number of pyridine rings is 1. The number of imidazole rings is 1. The molecule has 5 rings (SSSR count). The van der Waals surface area contributed by atoms with E-state index in [-0.39, 0.29) is 11.9 Å². The normalized spacial score (nSPS) is 15.3. The van der Waals surface area contributed by atoms with E-state index >= 15 is 0 Å². The maximum absolute atomic E-state index is 13.4. The van der Waals surface area contributed by atoms with Gasteiger partial charge in [0.15, 0.2) is 11.5 Å².